The van der Waals surface area contributed by atoms with E-state index in [0.717, 1.165) is 26.0 Å². The highest BCUT2D eigenvalue weighted by atomic mass is 35.5. The van der Waals surface area contributed by atoms with Gasteiger partial charge in [-0.25, -0.2) is 0 Å². The van der Waals surface area contributed by atoms with Gasteiger partial charge >= 0.3 is 0 Å². The lowest BCUT2D eigenvalue weighted by Gasteiger charge is -2.13. The molecule has 0 bridgehead atoms. The summed E-state index contributed by atoms with van der Waals surface area (Å²) < 4.78 is 7.19. The second-order valence-electron chi connectivity index (χ2n) is 5.13. The highest BCUT2D eigenvalue weighted by molar-refractivity contribution is 6.33. The van der Waals surface area contributed by atoms with Crippen molar-refractivity contribution in [2.24, 2.45) is 0 Å². The fourth-order valence-electron chi connectivity index (χ4n) is 2.21. The number of hydrogen-bond donors (Lipinski definition) is 0. The summed E-state index contributed by atoms with van der Waals surface area (Å²) in [5.41, 5.74) is 0.513. The van der Waals surface area contributed by atoms with Crippen molar-refractivity contribution in [1.29, 1.82) is 0 Å². The van der Waals surface area contributed by atoms with E-state index in [0.29, 0.717) is 23.7 Å². The molecule has 0 amide bonds. The number of halogens is 1. The first-order valence-corrected chi connectivity index (χ1v) is 6.96. The number of aromatic nitrogens is 2. The van der Waals surface area contributed by atoms with E-state index < -0.39 is 0 Å². The highest BCUT2D eigenvalue weighted by Gasteiger charge is 2.24. The molecule has 2 rings (SSSR count). The predicted molar refractivity (Wildman–Crippen MR) is 73.7 cm³/mol. The molecule has 0 aromatic carbocycles. The van der Waals surface area contributed by atoms with Crippen LogP contribution in [-0.2, 0) is 11.3 Å². The molecule has 1 aliphatic rings. The van der Waals surface area contributed by atoms with Crippen LogP contribution in [0.4, 0.5) is 0 Å². The molecule has 5 nitrogen and oxygen atoms in total. The maximum absolute atomic E-state index is 12.3. The van der Waals surface area contributed by atoms with E-state index in [1.807, 2.05) is 19.0 Å². The zero-order valence-corrected chi connectivity index (χ0v) is 12.2. The van der Waals surface area contributed by atoms with E-state index in [1.54, 1.807) is 10.9 Å². The fraction of sp³-hybridized carbons (Fsp3) is 0.692. The first-order valence-electron chi connectivity index (χ1n) is 6.58. The Morgan fingerprint density at radius 3 is 3.05 bits per heavy atom. The molecule has 1 aliphatic heterocycles. The van der Waals surface area contributed by atoms with E-state index >= 15 is 0 Å². The smallest absolute Gasteiger partial charge is 0.184 e. The molecule has 19 heavy (non-hydrogen) atoms. The van der Waals surface area contributed by atoms with Gasteiger partial charge in [0, 0.05) is 19.6 Å². The molecule has 0 radical (unpaired) electrons. The lowest BCUT2D eigenvalue weighted by molar-refractivity contribution is 0.0766. The predicted octanol–water partition coefficient (Wildman–Crippen LogP) is 1.85. The van der Waals surface area contributed by atoms with Crippen LogP contribution in [0.25, 0.3) is 0 Å². The fourth-order valence-corrected chi connectivity index (χ4v) is 2.46. The van der Waals surface area contributed by atoms with Crippen molar-refractivity contribution < 1.29 is 9.53 Å². The molecular formula is C13H20ClN3O2. The van der Waals surface area contributed by atoms with Crippen LogP contribution in [0.3, 0.4) is 0 Å². The average Bonchev–Trinajstić information content (AvgIpc) is 2.96. The zero-order chi connectivity index (χ0) is 13.8. The SMILES string of the molecule is CN(C)CCn1ncc(Cl)c1C(=O)CC1CCCO1. The Kier molecular flexibility index (Phi) is 4.96. The monoisotopic (exact) mass is 285 g/mol. The number of ether oxygens (including phenoxy) is 1. The number of Topliss-reactive ketones (excluding diaryl/α,β-unsaturated/α-hetero) is 1. The number of ketones is 1. The molecule has 1 saturated heterocycles. The van der Waals surface area contributed by atoms with Gasteiger partial charge in [0.2, 0.25) is 0 Å². The zero-order valence-electron chi connectivity index (χ0n) is 11.4. The molecule has 1 aromatic rings. The topological polar surface area (TPSA) is 47.4 Å². The number of carbonyl (C=O) groups excluding carboxylic acids is 1. The Labute approximate surface area is 118 Å². The third kappa shape index (κ3) is 3.78. The van der Waals surface area contributed by atoms with Crippen molar-refractivity contribution in [1.82, 2.24) is 14.7 Å². The Morgan fingerprint density at radius 1 is 1.63 bits per heavy atom. The van der Waals surface area contributed by atoms with E-state index in [1.165, 1.54) is 0 Å². The first-order chi connectivity index (χ1) is 9.08. The lowest BCUT2D eigenvalue weighted by atomic mass is 10.1. The van der Waals surface area contributed by atoms with Crippen LogP contribution >= 0.6 is 11.6 Å². The molecule has 0 aliphatic carbocycles. The number of carbonyl (C=O) groups is 1. The van der Waals surface area contributed by atoms with E-state index in [4.69, 9.17) is 16.3 Å². The van der Waals surface area contributed by atoms with Crippen LogP contribution in [-0.4, -0.2) is 53.8 Å². The van der Waals surface area contributed by atoms with E-state index in [9.17, 15) is 4.79 Å². The first kappa shape index (κ1) is 14.5. The van der Waals surface area contributed by atoms with Gasteiger partial charge in [0.25, 0.3) is 0 Å². The van der Waals surface area contributed by atoms with Gasteiger partial charge in [0.05, 0.1) is 23.9 Å². The van der Waals surface area contributed by atoms with Crippen molar-refractivity contribution >= 4 is 17.4 Å². The molecular weight excluding hydrogens is 266 g/mol. The van der Waals surface area contributed by atoms with Crippen LogP contribution in [0.1, 0.15) is 29.8 Å². The number of likely N-dealkylation sites (N-methyl/N-ethyl adjacent to an activating group) is 1. The molecule has 0 N–H and O–H groups in total. The standard InChI is InChI=1S/C13H20ClN3O2/c1-16(2)5-6-17-13(11(14)9-15-17)12(18)8-10-4-3-7-19-10/h9-10H,3-8H2,1-2H3. The minimum absolute atomic E-state index is 0.0214. The largest absolute Gasteiger partial charge is 0.378 e. The second kappa shape index (κ2) is 6.50. The van der Waals surface area contributed by atoms with Crippen molar-refractivity contribution in [3.8, 4) is 0 Å². The number of hydrogen-bond acceptors (Lipinski definition) is 4. The summed E-state index contributed by atoms with van der Waals surface area (Å²) in [4.78, 5) is 14.4. The molecule has 1 unspecified atom stereocenters. The molecule has 1 atom stereocenters. The van der Waals surface area contributed by atoms with Crippen LogP contribution in [0.15, 0.2) is 6.20 Å². The van der Waals surface area contributed by atoms with Crippen LogP contribution in [0, 0.1) is 0 Å². The minimum atomic E-state index is 0.0214. The Bertz CT molecular complexity index is 439. The van der Waals surface area contributed by atoms with Crippen LogP contribution in [0.5, 0.6) is 0 Å². The van der Waals surface area contributed by atoms with Gasteiger partial charge in [0.1, 0.15) is 5.69 Å². The molecule has 2 heterocycles. The summed E-state index contributed by atoms with van der Waals surface area (Å²) in [5.74, 6) is 0.0214. The highest BCUT2D eigenvalue weighted by Crippen LogP contribution is 2.22. The van der Waals surface area contributed by atoms with Crippen molar-refractivity contribution in [2.75, 3.05) is 27.2 Å². The van der Waals surface area contributed by atoms with E-state index in [2.05, 4.69) is 5.10 Å². The normalized spacial score (nSPS) is 19.3. The van der Waals surface area contributed by atoms with Gasteiger partial charge in [-0.05, 0) is 26.9 Å². The second-order valence-corrected chi connectivity index (χ2v) is 5.54. The molecule has 1 fully saturated rings. The van der Waals surface area contributed by atoms with Crippen molar-refractivity contribution in [2.45, 2.75) is 31.9 Å². The maximum atomic E-state index is 12.3. The summed E-state index contributed by atoms with van der Waals surface area (Å²) in [7, 11) is 3.97. The Hall–Kier alpha value is -0.910. The summed E-state index contributed by atoms with van der Waals surface area (Å²) in [6.07, 6.45) is 3.97. The van der Waals surface area contributed by atoms with Crippen LogP contribution < -0.4 is 0 Å². The third-order valence-corrected chi connectivity index (χ3v) is 3.53. The van der Waals surface area contributed by atoms with Gasteiger partial charge in [-0.3, -0.25) is 9.48 Å². The number of rotatable bonds is 6. The van der Waals surface area contributed by atoms with Crippen molar-refractivity contribution in [3.63, 3.8) is 0 Å². The summed E-state index contributed by atoms with van der Waals surface area (Å²) in [5, 5.41) is 4.61. The summed E-state index contributed by atoms with van der Waals surface area (Å²) in [6, 6.07) is 0. The molecule has 106 valence electrons. The molecule has 0 spiro atoms. The van der Waals surface area contributed by atoms with Gasteiger partial charge in [-0.1, -0.05) is 11.6 Å². The Morgan fingerprint density at radius 2 is 2.42 bits per heavy atom. The Balaban J connectivity index is 2.04. The minimum Gasteiger partial charge on any atom is -0.378 e. The molecule has 1 aromatic heterocycles. The average molecular weight is 286 g/mol. The van der Waals surface area contributed by atoms with Gasteiger partial charge in [-0.2, -0.15) is 5.10 Å². The van der Waals surface area contributed by atoms with Gasteiger partial charge in [0.15, 0.2) is 5.78 Å². The lowest BCUT2D eigenvalue weighted by Crippen LogP contribution is -2.22. The number of nitrogens with zero attached hydrogens (tertiary/aromatic N) is 3. The van der Waals surface area contributed by atoms with Crippen molar-refractivity contribution in [3.05, 3.63) is 16.9 Å². The summed E-state index contributed by atoms with van der Waals surface area (Å²) in [6.45, 7) is 2.23. The van der Waals surface area contributed by atoms with Gasteiger partial charge in [-0.15, -0.1) is 0 Å². The maximum Gasteiger partial charge on any atom is 0.184 e. The van der Waals surface area contributed by atoms with Crippen LogP contribution in [0.2, 0.25) is 5.02 Å². The third-order valence-electron chi connectivity index (χ3n) is 3.25. The quantitative estimate of drug-likeness (QED) is 0.749. The molecule has 0 saturated carbocycles. The van der Waals surface area contributed by atoms with E-state index in [-0.39, 0.29) is 11.9 Å². The summed E-state index contributed by atoms with van der Waals surface area (Å²) >= 11 is 6.08. The van der Waals surface area contributed by atoms with Gasteiger partial charge < -0.3 is 9.64 Å². The molecule has 6 heteroatoms.